The zero-order valence-corrected chi connectivity index (χ0v) is 14.0. The summed E-state index contributed by atoms with van der Waals surface area (Å²) in [5, 5.41) is 10.7. The molecule has 0 heterocycles. The Morgan fingerprint density at radius 2 is 1.93 bits per heavy atom. The maximum atomic E-state index is 10.9. The molecular formula is C12H10HgO2. The van der Waals surface area contributed by atoms with Gasteiger partial charge < -0.3 is 5.11 Å². The van der Waals surface area contributed by atoms with E-state index in [9.17, 15) is 4.79 Å². The molecule has 0 amide bonds. The van der Waals surface area contributed by atoms with Crippen LogP contribution in [-0.2, 0) is 27.7 Å². The molecule has 2 aromatic rings. The number of carboxylic acid groups (broad SMARTS) is 1. The van der Waals surface area contributed by atoms with E-state index >= 15 is 0 Å². The normalized spacial score (nSPS) is 9.67. The number of fused-ring (bicyclic) bond motifs is 1. The van der Waals surface area contributed by atoms with Gasteiger partial charge in [0.05, 0.1) is 5.56 Å². The molecule has 0 bridgehead atoms. The fourth-order valence-electron chi connectivity index (χ4n) is 1.57. The fraction of sp³-hybridized carbons (Fsp3) is 0.0833. The molecule has 0 saturated carbocycles. The molecule has 15 heavy (non-hydrogen) atoms. The Kier molecular flexibility index (Phi) is 3.86. The first-order valence-electron chi connectivity index (χ1n) is 4.41. The van der Waals surface area contributed by atoms with Crippen LogP contribution in [0.1, 0.15) is 15.9 Å². The van der Waals surface area contributed by atoms with Crippen molar-refractivity contribution >= 4 is 16.7 Å². The number of rotatable bonds is 1. The van der Waals surface area contributed by atoms with Crippen molar-refractivity contribution in [3.05, 3.63) is 47.5 Å². The van der Waals surface area contributed by atoms with Crippen LogP contribution >= 0.6 is 0 Å². The number of hydrogen-bond donors (Lipinski definition) is 1. The summed E-state index contributed by atoms with van der Waals surface area (Å²) in [5.74, 6) is -0.874. The van der Waals surface area contributed by atoms with Crippen molar-refractivity contribution in [2.45, 2.75) is 6.92 Å². The van der Waals surface area contributed by atoms with E-state index < -0.39 is 5.97 Å². The number of aryl methyl sites for hydroxylation is 1. The third-order valence-electron chi connectivity index (χ3n) is 2.27. The number of hydrogen-bond acceptors (Lipinski definition) is 1. The minimum Gasteiger partial charge on any atom is -0.478 e. The molecule has 1 N–H and O–H groups in total. The summed E-state index contributed by atoms with van der Waals surface area (Å²) in [5.41, 5.74) is 1.44. The van der Waals surface area contributed by atoms with Crippen molar-refractivity contribution in [1.29, 1.82) is 0 Å². The smallest absolute Gasteiger partial charge is 0.336 e. The van der Waals surface area contributed by atoms with Crippen LogP contribution in [-0.4, -0.2) is 11.1 Å². The van der Waals surface area contributed by atoms with Crippen LogP contribution in [0.5, 0.6) is 0 Å². The maximum absolute atomic E-state index is 10.9. The Hall–Kier alpha value is -0.895. The van der Waals surface area contributed by atoms with Gasteiger partial charge in [-0.1, -0.05) is 35.9 Å². The van der Waals surface area contributed by atoms with Gasteiger partial charge in [-0.3, -0.25) is 0 Å². The molecule has 0 aliphatic rings. The van der Waals surface area contributed by atoms with E-state index in [2.05, 4.69) is 0 Å². The molecule has 0 fully saturated rings. The quantitative estimate of drug-likeness (QED) is 0.765. The minimum absolute atomic E-state index is 0. The van der Waals surface area contributed by atoms with E-state index in [-0.39, 0.29) is 27.7 Å². The van der Waals surface area contributed by atoms with Crippen LogP contribution in [0.15, 0.2) is 36.4 Å². The summed E-state index contributed by atoms with van der Waals surface area (Å²) in [6, 6.07) is 11.1. The van der Waals surface area contributed by atoms with Gasteiger partial charge in [-0.05, 0) is 23.8 Å². The Labute approximate surface area is 108 Å². The van der Waals surface area contributed by atoms with Gasteiger partial charge in [0.1, 0.15) is 0 Å². The minimum atomic E-state index is -0.874. The SMILES string of the molecule is Cc1ccc2cccc(C(=O)O)c2c1.[Hg]. The van der Waals surface area contributed by atoms with E-state index in [0.29, 0.717) is 5.56 Å². The Morgan fingerprint density at radius 1 is 1.20 bits per heavy atom. The molecular weight excluding hydrogens is 377 g/mol. The van der Waals surface area contributed by atoms with Crippen molar-refractivity contribution in [2.75, 3.05) is 0 Å². The Morgan fingerprint density at radius 3 is 2.60 bits per heavy atom. The molecule has 0 unspecified atom stereocenters. The van der Waals surface area contributed by atoms with Crippen LogP contribution < -0.4 is 0 Å². The van der Waals surface area contributed by atoms with Crippen molar-refractivity contribution in [1.82, 2.24) is 0 Å². The Bertz CT molecular complexity index is 506. The van der Waals surface area contributed by atoms with E-state index in [0.717, 1.165) is 16.3 Å². The molecule has 72 valence electrons. The zero-order chi connectivity index (χ0) is 10.1. The van der Waals surface area contributed by atoms with Gasteiger partial charge in [-0.25, -0.2) is 4.79 Å². The first-order chi connectivity index (χ1) is 6.68. The van der Waals surface area contributed by atoms with Crippen molar-refractivity contribution < 1.29 is 37.6 Å². The molecule has 3 heteroatoms. The molecule has 0 radical (unpaired) electrons. The average molecular weight is 387 g/mol. The van der Waals surface area contributed by atoms with Crippen molar-refractivity contribution in [3.63, 3.8) is 0 Å². The molecule has 0 aliphatic heterocycles. The Balaban J connectivity index is 0.00000112. The van der Waals surface area contributed by atoms with Gasteiger partial charge in [0, 0.05) is 27.7 Å². The fourth-order valence-corrected chi connectivity index (χ4v) is 1.57. The van der Waals surface area contributed by atoms with Crippen molar-refractivity contribution in [2.24, 2.45) is 0 Å². The standard InChI is InChI=1S/C12H10O2.Hg/c1-8-5-6-9-3-2-4-10(12(13)14)11(9)7-8;/h2-7H,1H3,(H,13,14);. The summed E-state index contributed by atoms with van der Waals surface area (Å²) in [6.07, 6.45) is 0. The second-order valence-corrected chi connectivity index (χ2v) is 3.34. The predicted molar refractivity (Wildman–Crippen MR) is 55.6 cm³/mol. The second-order valence-electron chi connectivity index (χ2n) is 3.34. The van der Waals surface area contributed by atoms with Crippen molar-refractivity contribution in [3.8, 4) is 0 Å². The predicted octanol–water partition coefficient (Wildman–Crippen LogP) is 2.84. The molecule has 0 atom stereocenters. The molecule has 0 aromatic heterocycles. The number of aromatic carboxylic acids is 1. The topological polar surface area (TPSA) is 37.3 Å². The molecule has 2 aromatic carbocycles. The van der Waals surface area contributed by atoms with E-state index in [1.807, 2.05) is 31.2 Å². The third-order valence-corrected chi connectivity index (χ3v) is 2.27. The van der Waals surface area contributed by atoms with Crippen LogP contribution in [0, 0.1) is 6.92 Å². The van der Waals surface area contributed by atoms with Crippen LogP contribution in [0.25, 0.3) is 10.8 Å². The summed E-state index contributed by atoms with van der Waals surface area (Å²) >= 11 is 0. The first kappa shape index (κ1) is 12.2. The van der Waals surface area contributed by atoms with E-state index in [1.165, 1.54) is 0 Å². The van der Waals surface area contributed by atoms with Gasteiger partial charge in [0.15, 0.2) is 0 Å². The largest absolute Gasteiger partial charge is 0.478 e. The summed E-state index contributed by atoms with van der Waals surface area (Å²) in [4.78, 5) is 10.9. The number of benzene rings is 2. The second kappa shape index (κ2) is 4.75. The van der Waals surface area contributed by atoms with Gasteiger partial charge in [-0.15, -0.1) is 0 Å². The van der Waals surface area contributed by atoms with Gasteiger partial charge >= 0.3 is 5.97 Å². The van der Waals surface area contributed by atoms with Crippen LogP contribution in [0.3, 0.4) is 0 Å². The monoisotopic (exact) mass is 388 g/mol. The summed E-state index contributed by atoms with van der Waals surface area (Å²) in [6.45, 7) is 1.96. The first-order valence-corrected chi connectivity index (χ1v) is 4.41. The number of carboxylic acids is 1. The van der Waals surface area contributed by atoms with Crippen LogP contribution in [0.2, 0.25) is 0 Å². The van der Waals surface area contributed by atoms with Gasteiger partial charge in [0.25, 0.3) is 0 Å². The van der Waals surface area contributed by atoms with Gasteiger partial charge in [-0.2, -0.15) is 0 Å². The molecule has 0 saturated heterocycles. The molecule has 2 rings (SSSR count). The molecule has 2 nitrogen and oxygen atoms in total. The summed E-state index contributed by atoms with van der Waals surface area (Å²) in [7, 11) is 0. The summed E-state index contributed by atoms with van der Waals surface area (Å²) < 4.78 is 0. The maximum Gasteiger partial charge on any atom is 0.336 e. The molecule has 0 spiro atoms. The number of carbonyl (C=O) groups is 1. The zero-order valence-electron chi connectivity index (χ0n) is 8.53. The average Bonchev–Trinajstić information content (AvgIpc) is 2.16. The third kappa shape index (κ3) is 2.37. The van der Waals surface area contributed by atoms with Crippen LogP contribution in [0.4, 0.5) is 0 Å². The van der Waals surface area contributed by atoms with Gasteiger partial charge in [0.2, 0.25) is 0 Å². The molecule has 0 aliphatic carbocycles. The van der Waals surface area contributed by atoms with E-state index in [1.54, 1.807) is 12.1 Å². The van der Waals surface area contributed by atoms with E-state index in [4.69, 9.17) is 5.11 Å².